The molecule has 1 aliphatic rings. The fourth-order valence-electron chi connectivity index (χ4n) is 0.258. The van der Waals surface area contributed by atoms with Gasteiger partial charge in [0.2, 0.25) is 0 Å². The summed E-state index contributed by atoms with van der Waals surface area (Å²) in [5.74, 6) is 0. The van der Waals surface area contributed by atoms with Crippen molar-refractivity contribution in [3.05, 3.63) is 0 Å². The molecule has 1 aliphatic heterocycles. The average molecular weight is 139 g/mol. The Bertz CT molecular complexity index is 97.7. The van der Waals surface area contributed by atoms with Gasteiger partial charge in [-0.05, 0) is 0 Å². The second-order valence-corrected chi connectivity index (χ2v) is 18.6. The van der Waals surface area contributed by atoms with E-state index in [1.165, 1.54) is 0 Å². The first-order valence-electron chi connectivity index (χ1n) is 2.65. The first-order valence-corrected chi connectivity index (χ1v) is 13.0. The van der Waals surface area contributed by atoms with Gasteiger partial charge in [-0.2, -0.15) is 0 Å². The molecule has 0 radical (unpaired) electrons. The predicted molar refractivity (Wildman–Crippen MR) is 20.8 cm³/mol. The second kappa shape index (κ2) is 0.611. The van der Waals surface area contributed by atoms with E-state index in [0.29, 0.717) is 0 Å². The quantitative estimate of drug-likeness (QED) is 0.499. The molecule has 0 saturated carbocycles. The zero-order valence-corrected chi connectivity index (χ0v) is 7.15. The van der Waals surface area contributed by atoms with Gasteiger partial charge >= 0.3 is 37.5 Å². The van der Waals surface area contributed by atoms with Crippen LogP contribution in [0, 0.1) is 0 Å². The first-order chi connectivity index (χ1) is 2.47. The summed E-state index contributed by atoms with van der Waals surface area (Å²) in [5, 5.41) is 0. The first kappa shape index (κ1) is 4.35. The Labute approximate surface area is 38.2 Å². The van der Waals surface area contributed by atoms with Crippen molar-refractivity contribution >= 4 is 0 Å². The molecule has 2 N–H and O–H groups in total. The van der Waals surface area contributed by atoms with Gasteiger partial charge in [0, 0.05) is 0 Å². The van der Waals surface area contributed by atoms with E-state index in [9.17, 15) is 0 Å². The molecule has 1 rings (SSSR count). The van der Waals surface area contributed by atoms with Gasteiger partial charge in [0.15, 0.2) is 0 Å². The van der Waals surface area contributed by atoms with Crippen LogP contribution in [0.25, 0.3) is 0 Å². The summed E-state index contributed by atoms with van der Waals surface area (Å²) in [7, 11) is 0. The van der Waals surface area contributed by atoms with Crippen LogP contribution in [0.5, 0.6) is 0 Å². The van der Waals surface area contributed by atoms with Gasteiger partial charge < -0.3 is 0 Å². The number of nitrogens with two attached hydrogens (primary N) is 1. The molecule has 0 amide bonds. The minimum atomic E-state index is -2.82. The standard InChI is InChI=1S/2CH3.N2.H2N.Zn/c;;1-2;;/h2*1H3;;1H2;/q;;-2;-1;+3. The summed E-state index contributed by atoms with van der Waals surface area (Å²) in [5.41, 5.74) is 3.96. The summed E-state index contributed by atoms with van der Waals surface area (Å²) in [4.78, 5) is 0. The Morgan fingerprint density at radius 2 is 1.50 bits per heavy atom. The second-order valence-electron chi connectivity index (χ2n) is 3.58. The van der Waals surface area contributed by atoms with Gasteiger partial charge in [0.1, 0.15) is 0 Å². The Morgan fingerprint density at radius 3 is 1.50 bits per heavy atom. The summed E-state index contributed by atoms with van der Waals surface area (Å²) < 4.78 is 13.2. The van der Waals surface area contributed by atoms with Crippen molar-refractivity contribution in [2.24, 2.45) is 12.2 Å². The molecule has 6 heavy (non-hydrogen) atoms. The van der Waals surface area contributed by atoms with Crippen molar-refractivity contribution in [2.75, 3.05) is 0 Å². The molecule has 0 saturated heterocycles. The molecule has 0 aromatic rings. The van der Waals surface area contributed by atoms with Crippen molar-refractivity contribution in [2.45, 2.75) is 11.0 Å². The van der Waals surface area contributed by atoms with Crippen molar-refractivity contribution in [1.29, 1.82) is 0 Å². The van der Waals surface area contributed by atoms with E-state index in [1.54, 1.807) is 0 Å². The fraction of sp³-hybridized carbons (Fsp3) is 1.00. The topological polar surface area (TPSA) is 50.7 Å². The van der Waals surface area contributed by atoms with Gasteiger partial charge in [0.25, 0.3) is 0 Å². The Balaban J connectivity index is 2.72. The van der Waals surface area contributed by atoms with E-state index in [0.717, 1.165) is 0 Å². The zero-order chi connectivity index (χ0) is 4.86. The third-order valence-corrected chi connectivity index (χ3v) is 4.52. The molecule has 33 valence electrons. The van der Waals surface area contributed by atoms with Gasteiger partial charge in [0.05, 0.1) is 0 Å². The zero-order valence-electron chi connectivity index (χ0n) is 4.18. The maximum absolute atomic E-state index is 5.59. The van der Waals surface area contributed by atoms with Crippen LogP contribution in [-0.2, 0) is 14.3 Å². The SMILES string of the molecule is [CH3][Zn]1([CH3])([NH2])[N]=[N]1. The molecule has 0 atom stereocenters. The van der Waals surface area contributed by atoms with Gasteiger partial charge in [-0.25, -0.2) is 0 Å². The molecule has 0 aliphatic carbocycles. The number of rotatable bonds is 0. The number of hydrogen-bond donors (Lipinski definition) is 1. The third-order valence-electron chi connectivity index (χ3n) is 0.870. The molecule has 0 fully saturated rings. The average Bonchev–Trinajstić information content (AvgIpc) is 1.73. The van der Waals surface area contributed by atoms with Crippen molar-refractivity contribution in [3.8, 4) is 0 Å². The molecule has 3 nitrogen and oxygen atoms in total. The Hall–Kier alpha value is 0.183. The normalized spacial score (nSPS) is 31.8. The van der Waals surface area contributed by atoms with E-state index < -0.39 is 14.3 Å². The minimum absolute atomic E-state index is 1.98. The van der Waals surface area contributed by atoms with E-state index in [2.05, 4.69) is 7.71 Å². The van der Waals surface area contributed by atoms with Crippen LogP contribution in [0.15, 0.2) is 7.71 Å². The molecule has 0 spiro atoms. The predicted octanol–water partition coefficient (Wildman–Crippen LogP) is 0.942. The van der Waals surface area contributed by atoms with Crippen LogP contribution in [0.3, 0.4) is 0 Å². The van der Waals surface area contributed by atoms with Crippen LogP contribution < -0.4 is 4.48 Å². The summed E-state index contributed by atoms with van der Waals surface area (Å²) in [6.45, 7) is 0. The Morgan fingerprint density at radius 1 is 1.33 bits per heavy atom. The summed E-state index contributed by atoms with van der Waals surface area (Å²) in [6.07, 6.45) is 0. The third kappa shape index (κ3) is 0.822. The van der Waals surface area contributed by atoms with Crippen LogP contribution in [-0.4, -0.2) is 0 Å². The van der Waals surface area contributed by atoms with Crippen LogP contribution in [0.4, 0.5) is 0 Å². The van der Waals surface area contributed by atoms with Gasteiger partial charge in [-0.3, -0.25) is 0 Å². The summed E-state index contributed by atoms with van der Waals surface area (Å²) >= 11 is -2.82. The van der Waals surface area contributed by atoms with E-state index in [4.69, 9.17) is 4.48 Å². The van der Waals surface area contributed by atoms with Crippen LogP contribution >= 0.6 is 0 Å². The molecular formula is C2H8N3Zn. The molecule has 0 aromatic carbocycles. The van der Waals surface area contributed by atoms with Crippen LogP contribution in [0.2, 0.25) is 11.0 Å². The van der Waals surface area contributed by atoms with Crippen molar-refractivity contribution < 1.29 is 14.3 Å². The molecular weight excluding hydrogens is 131 g/mol. The molecule has 0 unspecified atom stereocenters. The van der Waals surface area contributed by atoms with Gasteiger partial charge in [-0.1, -0.05) is 0 Å². The number of hydrogen-bond acceptors (Lipinski definition) is 3. The monoisotopic (exact) mass is 138 g/mol. The van der Waals surface area contributed by atoms with E-state index in [-0.39, 0.29) is 0 Å². The Kier molecular flexibility index (Phi) is 0.443. The van der Waals surface area contributed by atoms with E-state index >= 15 is 0 Å². The van der Waals surface area contributed by atoms with Crippen molar-refractivity contribution in [1.82, 2.24) is 0 Å². The van der Waals surface area contributed by atoms with Gasteiger partial charge in [-0.15, -0.1) is 0 Å². The molecule has 4 heteroatoms. The number of nitrogens with zero attached hydrogens (tertiary/aromatic N) is 2. The van der Waals surface area contributed by atoms with Crippen LogP contribution in [0.1, 0.15) is 0 Å². The van der Waals surface area contributed by atoms with E-state index in [1.807, 2.05) is 11.0 Å². The van der Waals surface area contributed by atoms with Crippen molar-refractivity contribution in [3.63, 3.8) is 0 Å². The maximum atomic E-state index is 5.59. The molecule has 1 heterocycles. The molecule has 0 aromatic heterocycles. The fourth-order valence-corrected chi connectivity index (χ4v) is 6.96. The summed E-state index contributed by atoms with van der Waals surface area (Å²) in [6, 6.07) is 0. The molecule has 0 bridgehead atoms.